The summed E-state index contributed by atoms with van der Waals surface area (Å²) >= 11 is 6.04. The van der Waals surface area contributed by atoms with Gasteiger partial charge in [-0.1, -0.05) is 23.6 Å². The molecule has 1 saturated carbocycles. The lowest BCUT2D eigenvalue weighted by atomic mass is 10.2. The van der Waals surface area contributed by atoms with Crippen LogP contribution in [-0.4, -0.2) is 25.8 Å². The van der Waals surface area contributed by atoms with Crippen molar-refractivity contribution in [2.45, 2.75) is 24.3 Å². The fourth-order valence-electron chi connectivity index (χ4n) is 1.95. The molecule has 0 spiro atoms. The van der Waals surface area contributed by atoms with Gasteiger partial charge in [0.2, 0.25) is 10.0 Å². The minimum absolute atomic E-state index is 0.0576. The SMILES string of the molecule is C#CCN(CC1CC1)S(=O)(=O)c1cc(CN)ccc1Cl. The summed E-state index contributed by atoms with van der Waals surface area (Å²) < 4.78 is 26.7. The Bertz CT molecular complexity index is 633. The summed E-state index contributed by atoms with van der Waals surface area (Å²) in [6.07, 6.45) is 7.38. The smallest absolute Gasteiger partial charge is 0.245 e. The third-order valence-electron chi connectivity index (χ3n) is 3.28. The number of hydrogen-bond acceptors (Lipinski definition) is 3. The maximum Gasteiger partial charge on any atom is 0.245 e. The topological polar surface area (TPSA) is 63.4 Å². The third kappa shape index (κ3) is 3.33. The maximum atomic E-state index is 12.7. The Morgan fingerprint density at radius 3 is 2.70 bits per heavy atom. The van der Waals surface area contributed by atoms with Crippen molar-refractivity contribution in [2.75, 3.05) is 13.1 Å². The zero-order chi connectivity index (χ0) is 14.8. The molecule has 0 radical (unpaired) electrons. The quantitative estimate of drug-likeness (QED) is 0.815. The van der Waals surface area contributed by atoms with Crippen LogP contribution in [0.4, 0.5) is 0 Å². The van der Waals surface area contributed by atoms with Crippen LogP contribution in [0.25, 0.3) is 0 Å². The molecule has 4 nitrogen and oxygen atoms in total. The minimum atomic E-state index is -3.68. The second-order valence-corrected chi connectivity index (χ2v) is 7.23. The summed E-state index contributed by atoms with van der Waals surface area (Å²) in [5, 5.41) is 0.194. The summed E-state index contributed by atoms with van der Waals surface area (Å²) in [7, 11) is -3.68. The number of rotatable bonds is 6. The molecular weight excluding hydrogens is 296 g/mol. The van der Waals surface area contributed by atoms with E-state index >= 15 is 0 Å². The molecule has 0 heterocycles. The standard InChI is InChI=1S/C14H17ClN2O2S/c1-2-7-17(10-11-3-4-11)20(18,19)14-8-12(9-16)5-6-13(14)15/h1,5-6,8,11H,3-4,7,9-10,16H2. The molecule has 1 aliphatic carbocycles. The highest BCUT2D eigenvalue weighted by atomic mass is 35.5. The molecule has 0 unspecified atom stereocenters. The van der Waals surface area contributed by atoms with Crippen molar-refractivity contribution in [1.82, 2.24) is 4.31 Å². The number of benzene rings is 1. The fourth-order valence-corrected chi connectivity index (χ4v) is 3.90. The fraction of sp³-hybridized carbons (Fsp3) is 0.429. The molecule has 6 heteroatoms. The predicted molar refractivity (Wildman–Crippen MR) is 79.7 cm³/mol. The van der Waals surface area contributed by atoms with Gasteiger partial charge >= 0.3 is 0 Å². The molecule has 2 N–H and O–H groups in total. The van der Waals surface area contributed by atoms with Gasteiger partial charge in [-0.2, -0.15) is 4.31 Å². The Kier molecular flexibility index (Phi) is 4.71. The van der Waals surface area contributed by atoms with Gasteiger partial charge in [-0.15, -0.1) is 6.42 Å². The molecule has 0 aliphatic heterocycles. The first-order chi connectivity index (χ1) is 9.48. The monoisotopic (exact) mass is 312 g/mol. The van der Waals surface area contributed by atoms with Gasteiger partial charge in [0, 0.05) is 13.1 Å². The van der Waals surface area contributed by atoms with Gasteiger partial charge in [-0.05, 0) is 36.5 Å². The van der Waals surface area contributed by atoms with E-state index in [1.165, 1.54) is 10.4 Å². The van der Waals surface area contributed by atoms with Crippen molar-refractivity contribution in [2.24, 2.45) is 11.7 Å². The summed E-state index contributed by atoms with van der Waals surface area (Å²) in [6.45, 7) is 0.773. The van der Waals surface area contributed by atoms with E-state index in [9.17, 15) is 8.42 Å². The van der Waals surface area contributed by atoms with Crippen LogP contribution in [0.3, 0.4) is 0 Å². The van der Waals surface area contributed by atoms with Crippen molar-refractivity contribution < 1.29 is 8.42 Å². The van der Waals surface area contributed by atoms with Gasteiger partial charge in [0.05, 0.1) is 11.6 Å². The zero-order valence-electron chi connectivity index (χ0n) is 11.0. The van der Waals surface area contributed by atoms with E-state index in [0.29, 0.717) is 12.5 Å². The summed E-state index contributed by atoms with van der Waals surface area (Å²) in [4.78, 5) is 0.0815. The lowest BCUT2D eigenvalue weighted by Crippen LogP contribution is -2.33. The molecule has 1 aliphatic rings. The molecular formula is C14H17ClN2O2S. The molecule has 0 aromatic heterocycles. The Balaban J connectivity index is 2.38. The first kappa shape index (κ1) is 15.3. The van der Waals surface area contributed by atoms with Crippen molar-refractivity contribution in [1.29, 1.82) is 0 Å². The van der Waals surface area contributed by atoms with Crippen LogP contribution in [0, 0.1) is 18.3 Å². The highest BCUT2D eigenvalue weighted by Crippen LogP contribution is 2.33. The van der Waals surface area contributed by atoms with Crippen LogP contribution in [0.15, 0.2) is 23.1 Å². The normalized spacial score (nSPS) is 15.3. The van der Waals surface area contributed by atoms with Crippen molar-refractivity contribution in [3.63, 3.8) is 0 Å². The second-order valence-electron chi connectivity index (χ2n) is 4.91. The van der Waals surface area contributed by atoms with Gasteiger partial charge in [-0.3, -0.25) is 0 Å². The van der Waals surface area contributed by atoms with Crippen LogP contribution in [0.1, 0.15) is 18.4 Å². The first-order valence-electron chi connectivity index (χ1n) is 6.41. The van der Waals surface area contributed by atoms with Gasteiger partial charge in [0.15, 0.2) is 0 Å². The van der Waals surface area contributed by atoms with Gasteiger partial charge in [0.25, 0.3) is 0 Å². The van der Waals surface area contributed by atoms with E-state index in [-0.39, 0.29) is 23.0 Å². The van der Waals surface area contributed by atoms with E-state index in [1.54, 1.807) is 12.1 Å². The van der Waals surface area contributed by atoms with Crippen LogP contribution in [0.5, 0.6) is 0 Å². The number of nitrogens with two attached hydrogens (primary N) is 1. The van der Waals surface area contributed by atoms with Gasteiger partial charge < -0.3 is 5.73 Å². The van der Waals surface area contributed by atoms with Crippen molar-refractivity contribution in [3.05, 3.63) is 28.8 Å². The van der Waals surface area contributed by atoms with E-state index in [2.05, 4.69) is 5.92 Å². The van der Waals surface area contributed by atoms with Gasteiger partial charge in [0.1, 0.15) is 4.90 Å². The van der Waals surface area contributed by atoms with Crippen LogP contribution < -0.4 is 5.73 Å². The largest absolute Gasteiger partial charge is 0.326 e. The van der Waals surface area contributed by atoms with E-state index < -0.39 is 10.0 Å². The molecule has 0 bridgehead atoms. The Morgan fingerprint density at radius 1 is 1.45 bits per heavy atom. The van der Waals surface area contributed by atoms with Gasteiger partial charge in [-0.25, -0.2) is 8.42 Å². The van der Waals surface area contributed by atoms with E-state index in [0.717, 1.165) is 18.4 Å². The minimum Gasteiger partial charge on any atom is -0.326 e. The average Bonchev–Trinajstić information content (AvgIpc) is 3.22. The van der Waals surface area contributed by atoms with E-state index in [4.69, 9.17) is 23.8 Å². The van der Waals surface area contributed by atoms with Crippen molar-refractivity contribution in [3.8, 4) is 12.3 Å². The third-order valence-corrected chi connectivity index (χ3v) is 5.57. The van der Waals surface area contributed by atoms with E-state index in [1.807, 2.05) is 0 Å². The highest BCUT2D eigenvalue weighted by Gasteiger charge is 2.32. The van der Waals surface area contributed by atoms with Crippen molar-refractivity contribution >= 4 is 21.6 Å². The molecule has 0 atom stereocenters. The lowest BCUT2D eigenvalue weighted by Gasteiger charge is -2.20. The van der Waals surface area contributed by atoms with Crippen LogP contribution in [0.2, 0.25) is 5.02 Å². The Hall–Kier alpha value is -1.06. The number of nitrogens with zero attached hydrogens (tertiary/aromatic N) is 1. The Morgan fingerprint density at radius 2 is 2.15 bits per heavy atom. The summed E-state index contributed by atoms with van der Waals surface area (Å²) in [5.74, 6) is 2.82. The lowest BCUT2D eigenvalue weighted by molar-refractivity contribution is 0.430. The summed E-state index contributed by atoms with van der Waals surface area (Å²) in [5.41, 5.74) is 6.28. The molecule has 20 heavy (non-hydrogen) atoms. The van der Waals surface area contributed by atoms with Crippen LogP contribution >= 0.6 is 11.6 Å². The first-order valence-corrected chi connectivity index (χ1v) is 8.23. The number of terminal acetylenes is 1. The molecule has 1 aromatic carbocycles. The number of halogens is 1. The molecule has 2 rings (SSSR count). The second kappa shape index (κ2) is 6.15. The average molecular weight is 313 g/mol. The number of sulfonamides is 1. The Labute approximate surface area is 125 Å². The molecule has 0 amide bonds. The predicted octanol–water partition coefficient (Wildman–Crippen LogP) is 1.83. The zero-order valence-corrected chi connectivity index (χ0v) is 12.6. The molecule has 108 valence electrons. The summed E-state index contributed by atoms with van der Waals surface area (Å²) in [6, 6.07) is 4.80. The molecule has 1 fully saturated rings. The molecule has 1 aromatic rings. The maximum absolute atomic E-state index is 12.7. The number of hydrogen-bond donors (Lipinski definition) is 1. The molecule has 0 saturated heterocycles. The highest BCUT2D eigenvalue weighted by molar-refractivity contribution is 7.89. The van der Waals surface area contributed by atoms with Crippen LogP contribution in [-0.2, 0) is 16.6 Å².